The van der Waals surface area contributed by atoms with Crippen LogP contribution in [-0.4, -0.2) is 47.3 Å². The quantitative estimate of drug-likeness (QED) is 0.322. The van der Waals surface area contributed by atoms with Crippen LogP contribution in [-0.2, 0) is 13.0 Å². The largest absolute Gasteiger partial charge is 0.379 e. The number of nitrogens with two attached hydrogens (primary N) is 1. The lowest BCUT2D eigenvalue weighted by molar-refractivity contribution is 0.0955. The van der Waals surface area contributed by atoms with Crippen LogP contribution in [0.4, 0.5) is 5.82 Å². The monoisotopic (exact) mass is 479 g/mol. The number of imidazole rings is 2. The van der Waals surface area contributed by atoms with Gasteiger partial charge in [0.2, 0.25) is 0 Å². The van der Waals surface area contributed by atoms with Crippen LogP contribution in [0.1, 0.15) is 23.0 Å². The SMILES string of the molecule is CCn1c(-c2nonc2N)nc2c(-c3ccccc3)ncc(C(=O)NCCc3c[nH]cn3)c21.Cl. The molecule has 1 aromatic carbocycles. The van der Waals surface area contributed by atoms with Crippen LogP contribution in [0.2, 0.25) is 0 Å². The Morgan fingerprint density at radius 1 is 1.18 bits per heavy atom. The predicted octanol–water partition coefficient (Wildman–Crippen LogP) is 2.87. The highest BCUT2D eigenvalue weighted by atomic mass is 35.5. The first-order valence-corrected chi connectivity index (χ1v) is 10.5. The summed E-state index contributed by atoms with van der Waals surface area (Å²) in [5.74, 6) is 0.330. The molecule has 5 rings (SSSR count). The van der Waals surface area contributed by atoms with E-state index >= 15 is 0 Å². The van der Waals surface area contributed by atoms with Crippen LogP contribution in [0.5, 0.6) is 0 Å². The van der Waals surface area contributed by atoms with E-state index in [1.165, 1.54) is 0 Å². The number of H-pyrrole nitrogens is 1. The maximum Gasteiger partial charge on any atom is 0.255 e. The number of nitrogens with zero attached hydrogens (tertiary/aromatic N) is 6. The van der Waals surface area contributed by atoms with E-state index in [0.717, 1.165) is 11.3 Å². The van der Waals surface area contributed by atoms with Crippen LogP contribution in [0, 0.1) is 0 Å². The van der Waals surface area contributed by atoms with Gasteiger partial charge >= 0.3 is 0 Å². The minimum absolute atomic E-state index is 0. The zero-order chi connectivity index (χ0) is 22.8. The van der Waals surface area contributed by atoms with Crippen molar-refractivity contribution in [3.8, 4) is 22.8 Å². The maximum absolute atomic E-state index is 13.2. The van der Waals surface area contributed by atoms with Gasteiger partial charge in [-0.25, -0.2) is 14.6 Å². The molecule has 174 valence electrons. The highest BCUT2D eigenvalue weighted by Gasteiger charge is 2.25. The predicted molar refractivity (Wildman–Crippen MR) is 128 cm³/mol. The standard InChI is InChI=1S/C22H21N9O2.ClH/c1-2-31-19-15(22(32)25-9-8-14-10-24-12-27-14)11-26-16(13-6-4-3-5-7-13)17(19)28-21(31)18-20(23)30-33-29-18;/h3-7,10-12H,2,8-9H2,1H3,(H2,23,30)(H,24,27)(H,25,32);1H. The smallest absolute Gasteiger partial charge is 0.255 e. The van der Waals surface area contributed by atoms with Gasteiger partial charge in [0, 0.05) is 37.5 Å². The Bertz CT molecular complexity index is 1410. The van der Waals surface area contributed by atoms with Gasteiger partial charge in [-0.05, 0) is 17.2 Å². The molecule has 0 aliphatic rings. The van der Waals surface area contributed by atoms with Gasteiger partial charge < -0.3 is 20.6 Å². The van der Waals surface area contributed by atoms with Crippen LogP contribution in [0.25, 0.3) is 33.8 Å². The molecule has 1 amide bonds. The van der Waals surface area contributed by atoms with Gasteiger partial charge in [0.1, 0.15) is 5.52 Å². The summed E-state index contributed by atoms with van der Waals surface area (Å²) in [5, 5.41) is 10.5. The zero-order valence-corrected chi connectivity index (χ0v) is 19.0. The molecule has 0 fully saturated rings. The second-order valence-electron chi connectivity index (χ2n) is 7.33. The Balaban J connectivity index is 0.00000274. The minimum atomic E-state index is -0.255. The Morgan fingerprint density at radius 3 is 2.68 bits per heavy atom. The molecule has 11 nitrogen and oxygen atoms in total. The van der Waals surface area contributed by atoms with Gasteiger partial charge in [0.05, 0.1) is 28.8 Å². The number of carbonyl (C=O) groups is 1. The van der Waals surface area contributed by atoms with Crippen LogP contribution in [0.15, 0.2) is 53.7 Å². The van der Waals surface area contributed by atoms with E-state index < -0.39 is 0 Å². The number of benzene rings is 1. The number of pyridine rings is 1. The molecular formula is C22H22ClN9O2. The number of nitrogens with one attached hydrogen (secondary N) is 2. The number of carbonyl (C=O) groups excluding carboxylic acids is 1. The lowest BCUT2D eigenvalue weighted by atomic mass is 10.1. The lowest BCUT2D eigenvalue weighted by Crippen LogP contribution is -2.26. The second-order valence-corrected chi connectivity index (χ2v) is 7.33. The Labute approximate surface area is 200 Å². The second kappa shape index (κ2) is 9.71. The number of halogens is 1. The average Bonchev–Trinajstić information content (AvgIpc) is 3.58. The molecule has 4 heterocycles. The summed E-state index contributed by atoms with van der Waals surface area (Å²) in [5.41, 5.74) is 10.3. The van der Waals surface area contributed by atoms with E-state index in [4.69, 9.17) is 15.3 Å². The molecule has 0 atom stereocenters. The van der Waals surface area contributed by atoms with Crippen LogP contribution in [0.3, 0.4) is 0 Å². The Morgan fingerprint density at radius 2 is 2.00 bits per heavy atom. The minimum Gasteiger partial charge on any atom is -0.379 e. The van der Waals surface area contributed by atoms with Crippen molar-refractivity contribution >= 4 is 35.2 Å². The molecule has 12 heteroatoms. The number of aromatic amines is 1. The number of amides is 1. The Hall–Kier alpha value is -4.25. The van der Waals surface area contributed by atoms with E-state index in [1.54, 1.807) is 18.7 Å². The fourth-order valence-electron chi connectivity index (χ4n) is 3.78. The Kier molecular flexibility index (Phi) is 6.55. The molecular weight excluding hydrogens is 458 g/mol. The number of aryl methyl sites for hydroxylation is 1. The van der Waals surface area contributed by atoms with Gasteiger partial charge in [-0.3, -0.25) is 9.78 Å². The topological polar surface area (TPSA) is 153 Å². The number of fused-ring (bicyclic) bond motifs is 1. The van der Waals surface area contributed by atoms with Crippen LogP contribution >= 0.6 is 12.4 Å². The first-order chi connectivity index (χ1) is 16.2. The summed E-state index contributed by atoms with van der Waals surface area (Å²) in [6.07, 6.45) is 5.60. The lowest BCUT2D eigenvalue weighted by Gasteiger charge is -2.11. The highest BCUT2D eigenvalue weighted by molar-refractivity contribution is 6.08. The molecule has 0 saturated heterocycles. The van der Waals surface area contributed by atoms with Gasteiger partial charge in [0.15, 0.2) is 17.3 Å². The highest BCUT2D eigenvalue weighted by Crippen LogP contribution is 2.33. The van der Waals surface area contributed by atoms with Crippen molar-refractivity contribution in [3.63, 3.8) is 0 Å². The van der Waals surface area contributed by atoms with Crippen molar-refractivity contribution in [3.05, 3.63) is 60.3 Å². The first kappa shape index (κ1) is 22.9. The third-order valence-corrected chi connectivity index (χ3v) is 5.33. The van der Waals surface area contributed by atoms with E-state index in [-0.39, 0.29) is 24.1 Å². The number of hydrogen-bond acceptors (Lipinski definition) is 8. The van der Waals surface area contributed by atoms with Crippen molar-refractivity contribution in [2.24, 2.45) is 0 Å². The van der Waals surface area contributed by atoms with Crippen LogP contribution < -0.4 is 11.1 Å². The number of nitrogen functional groups attached to an aromatic ring is 1. The molecule has 5 aromatic rings. The van der Waals surface area contributed by atoms with Crippen molar-refractivity contribution in [1.29, 1.82) is 0 Å². The summed E-state index contributed by atoms with van der Waals surface area (Å²) < 4.78 is 6.67. The first-order valence-electron chi connectivity index (χ1n) is 10.5. The van der Waals surface area contributed by atoms with Crippen molar-refractivity contribution in [2.45, 2.75) is 19.9 Å². The van der Waals surface area contributed by atoms with Crippen molar-refractivity contribution in [1.82, 2.24) is 40.1 Å². The summed E-state index contributed by atoms with van der Waals surface area (Å²) in [6, 6.07) is 9.68. The zero-order valence-electron chi connectivity index (χ0n) is 18.2. The van der Waals surface area contributed by atoms with E-state index in [9.17, 15) is 4.79 Å². The molecule has 4 N–H and O–H groups in total. The molecule has 0 saturated carbocycles. The molecule has 0 unspecified atom stereocenters. The van der Waals surface area contributed by atoms with E-state index in [2.05, 4.69) is 30.6 Å². The van der Waals surface area contributed by atoms with Gasteiger partial charge in [-0.15, -0.1) is 12.4 Å². The molecule has 0 aliphatic heterocycles. The molecule has 34 heavy (non-hydrogen) atoms. The third-order valence-electron chi connectivity index (χ3n) is 5.33. The van der Waals surface area contributed by atoms with E-state index in [0.29, 0.717) is 53.3 Å². The maximum atomic E-state index is 13.2. The van der Waals surface area contributed by atoms with Gasteiger partial charge in [0.25, 0.3) is 5.91 Å². The number of hydrogen-bond donors (Lipinski definition) is 3. The molecule has 0 aliphatic carbocycles. The summed E-state index contributed by atoms with van der Waals surface area (Å²) in [7, 11) is 0. The summed E-state index contributed by atoms with van der Waals surface area (Å²) in [4.78, 5) is 29.7. The van der Waals surface area contributed by atoms with E-state index in [1.807, 2.05) is 41.8 Å². The van der Waals surface area contributed by atoms with Crippen molar-refractivity contribution < 1.29 is 9.42 Å². The summed E-state index contributed by atoms with van der Waals surface area (Å²) >= 11 is 0. The normalized spacial score (nSPS) is 10.9. The van der Waals surface area contributed by atoms with Crippen molar-refractivity contribution in [2.75, 3.05) is 12.3 Å². The van der Waals surface area contributed by atoms with Gasteiger partial charge in [-0.2, -0.15) is 0 Å². The fraction of sp³-hybridized carbons (Fsp3) is 0.182. The average molecular weight is 480 g/mol. The number of rotatable bonds is 7. The number of aromatic nitrogens is 7. The summed E-state index contributed by atoms with van der Waals surface area (Å²) in [6.45, 7) is 2.90. The molecule has 0 radical (unpaired) electrons. The molecule has 4 aromatic heterocycles. The molecule has 0 spiro atoms. The fourth-order valence-corrected chi connectivity index (χ4v) is 3.78. The third kappa shape index (κ3) is 4.08. The van der Waals surface area contributed by atoms with Gasteiger partial charge in [-0.1, -0.05) is 30.3 Å². The number of anilines is 1. The molecule has 0 bridgehead atoms.